The summed E-state index contributed by atoms with van der Waals surface area (Å²) >= 11 is 19.5. The maximum atomic E-state index is 13.5. The topological polar surface area (TPSA) is 108 Å². The van der Waals surface area contributed by atoms with Gasteiger partial charge in [-0.2, -0.15) is 0 Å². The first kappa shape index (κ1) is 33.7. The van der Waals surface area contributed by atoms with Crippen molar-refractivity contribution < 1.29 is 29.0 Å². The summed E-state index contributed by atoms with van der Waals surface area (Å²) in [7, 11) is 0. The summed E-state index contributed by atoms with van der Waals surface area (Å²) in [5.41, 5.74) is 2.27. The normalized spacial score (nSPS) is 21.7. The van der Waals surface area contributed by atoms with Gasteiger partial charge in [0.2, 0.25) is 5.91 Å². The van der Waals surface area contributed by atoms with E-state index in [9.17, 15) is 19.5 Å². The van der Waals surface area contributed by atoms with Crippen LogP contribution >= 0.6 is 47.2 Å². The fraction of sp³-hybridized carbons (Fsp3) is 0.438. The molecule has 1 aliphatic carbocycles. The zero-order valence-electron chi connectivity index (χ0n) is 24.6. The van der Waals surface area contributed by atoms with E-state index in [0.29, 0.717) is 76.1 Å². The van der Waals surface area contributed by atoms with E-state index in [-0.39, 0.29) is 36.7 Å². The van der Waals surface area contributed by atoms with Gasteiger partial charge < -0.3 is 19.9 Å². The fourth-order valence-corrected chi connectivity index (χ4v) is 7.32. The standard InChI is InChI=1S/C32H35Cl2N3O6S2/c33-23-4-7-26(34)25(19-23)21-3-8-27(43-16-13-36-11-14-42-15-12-36)22(17-21)18-28-30(39)37(32(44)45-28)10-9-29(38)35-24-5-1-20(2-6-24)31(40)41/h3-4,7-8,17-20,24H,1-2,5-6,9-16H2,(H,35,38)(H,40,41). The highest BCUT2D eigenvalue weighted by molar-refractivity contribution is 8.26. The third kappa shape index (κ3) is 8.99. The average molecular weight is 693 g/mol. The summed E-state index contributed by atoms with van der Waals surface area (Å²) in [4.78, 5) is 41.5. The van der Waals surface area contributed by atoms with Gasteiger partial charge in [0.25, 0.3) is 5.91 Å². The first-order valence-corrected chi connectivity index (χ1v) is 17.0. The van der Waals surface area contributed by atoms with Gasteiger partial charge in [-0.3, -0.25) is 24.2 Å². The summed E-state index contributed by atoms with van der Waals surface area (Å²) in [5, 5.41) is 13.3. The highest BCUT2D eigenvalue weighted by Crippen LogP contribution is 2.38. The second kappa shape index (κ2) is 15.8. The molecule has 2 aromatic rings. The molecule has 2 saturated heterocycles. The van der Waals surface area contributed by atoms with E-state index < -0.39 is 5.97 Å². The highest BCUT2D eigenvalue weighted by Gasteiger charge is 2.33. The minimum atomic E-state index is -0.783. The van der Waals surface area contributed by atoms with Crippen LogP contribution in [-0.2, 0) is 19.1 Å². The van der Waals surface area contributed by atoms with Crippen molar-refractivity contribution in [2.75, 3.05) is 46.0 Å². The van der Waals surface area contributed by atoms with Gasteiger partial charge in [0.15, 0.2) is 0 Å². The van der Waals surface area contributed by atoms with Crippen LogP contribution in [0.25, 0.3) is 17.2 Å². The Balaban J connectivity index is 1.27. The summed E-state index contributed by atoms with van der Waals surface area (Å²) in [5.74, 6) is -0.973. The quantitative estimate of drug-likeness (QED) is 0.226. The third-order valence-corrected chi connectivity index (χ3v) is 10.1. The number of amides is 2. The highest BCUT2D eigenvalue weighted by atomic mass is 35.5. The van der Waals surface area contributed by atoms with Crippen molar-refractivity contribution in [3.05, 3.63) is 56.9 Å². The third-order valence-electron chi connectivity index (χ3n) is 8.18. The molecule has 3 aliphatic rings. The number of carboxylic acids is 1. The summed E-state index contributed by atoms with van der Waals surface area (Å²) in [6.45, 7) is 4.49. The lowest BCUT2D eigenvalue weighted by Crippen LogP contribution is -2.40. The van der Waals surface area contributed by atoms with E-state index in [1.165, 1.54) is 16.7 Å². The first-order chi connectivity index (χ1) is 21.7. The number of halogens is 2. The van der Waals surface area contributed by atoms with Gasteiger partial charge in [0, 0.05) is 59.8 Å². The van der Waals surface area contributed by atoms with Crippen LogP contribution in [0.2, 0.25) is 10.0 Å². The van der Waals surface area contributed by atoms with Crippen molar-refractivity contribution in [1.29, 1.82) is 0 Å². The number of nitrogens with one attached hydrogen (secondary N) is 1. The van der Waals surface area contributed by atoms with Crippen LogP contribution in [0.3, 0.4) is 0 Å². The molecule has 0 aromatic heterocycles. The van der Waals surface area contributed by atoms with Crippen molar-refractivity contribution in [2.24, 2.45) is 5.92 Å². The van der Waals surface area contributed by atoms with Crippen LogP contribution in [-0.4, -0.2) is 89.1 Å². The molecule has 240 valence electrons. The number of morpholine rings is 1. The molecule has 45 heavy (non-hydrogen) atoms. The maximum absolute atomic E-state index is 13.5. The Bertz CT molecular complexity index is 1470. The van der Waals surface area contributed by atoms with Gasteiger partial charge in [-0.1, -0.05) is 53.2 Å². The van der Waals surface area contributed by atoms with Crippen molar-refractivity contribution >= 4 is 75.4 Å². The van der Waals surface area contributed by atoms with Crippen LogP contribution in [0.5, 0.6) is 5.75 Å². The Morgan fingerprint density at radius 3 is 2.58 bits per heavy atom. The van der Waals surface area contributed by atoms with E-state index in [1.54, 1.807) is 24.3 Å². The number of ether oxygens (including phenoxy) is 2. The van der Waals surface area contributed by atoms with Crippen LogP contribution < -0.4 is 10.1 Å². The average Bonchev–Trinajstić information content (AvgIpc) is 3.29. The van der Waals surface area contributed by atoms with Crippen molar-refractivity contribution in [2.45, 2.75) is 38.1 Å². The molecule has 13 heteroatoms. The van der Waals surface area contributed by atoms with E-state index in [2.05, 4.69) is 10.2 Å². The molecule has 2 N–H and O–H groups in total. The molecule has 0 unspecified atom stereocenters. The van der Waals surface area contributed by atoms with E-state index >= 15 is 0 Å². The second-order valence-corrected chi connectivity index (χ2v) is 13.7. The number of carbonyl (C=O) groups is 3. The molecule has 9 nitrogen and oxygen atoms in total. The van der Waals surface area contributed by atoms with Gasteiger partial charge in [-0.25, -0.2) is 0 Å². The molecule has 2 amide bonds. The maximum Gasteiger partial charge on any atom is 0.306 e. The molecular formula is C32H35Cl2N3O6S2. The number of thioether (sulfide) groups is 1. The lowest BCUT2D eigenvalue weighted by atomic mass is 9.86. The number of carboxylic acid groups (broad SMARTS) is 1. The summed E-state index contributed by atoms with van der Waals surface area (Å²) in [6, 6.07) is 10.9. The van der Waals surface area contributed by atoms with E-state index in [1.807, 2.05) is 18.2 Å². The SMILES string of the molecule is O=C(CCN1C(=O)C(=Cc2cc(-c3cc(Cl)ccc3Cl)ccc2OCCN2CCOCC2)SC1=S)NC1CCC(C(=O)O)CC1. The summed E-state index contributed by atoms with van der Waals surface area (Å²) < 4.78 is 12.0. The lowest BCUT2D eigenvalue weighted by molar-refractivity contribution is -0.142. The molecule has 1 saturated carbocycles. The van der Waals surface area contributed by atoms with Crippen molar-refractivity contribution in [3.63, 3.8) is 0 Å². The number of hydrogen-bond acceptors (Lipinski definition) is 8. The monoisotopic (exact) mass is 691 g/mol. The minimum Gasteiger partial charge on any atom is -0.492 e. The van der Waals surface area contributed by atoms with Crippen molar-refractivity contribution in [3.8, 4) is 16.9 Å². The molecular weight excluding hydrogens is 657 g/mol. The first-order valence-electron chi connectivity index (χ1n) is 15.0. The largest absolute Gasteiger partial charge is 0.492 e. The second-order valence-electron chi connectivity index (χ2n) is 11.2. The molecule has 0 radical (unpaired) electrons. The van der Waals surface area contributed by atoms with E-state index in [4.69, 9.17) is 44.9 Å². The lowest BCUT2D eigenvalue weighted by Gasteiger charge is -2.27. The van der Waals surface area contributed by atoms with Crippen LogP contribution in [0, 0.1) is 5.92 Å². The molecule has 0 bridgehead atoms. The Labute approximate surface area is 282 Å². The molecule has 2 aromatic carbocycles. The molecule has 3 fully saturated rings. The molecule has 0 spiro atoms. The van der Waals surface area contributed by atoms with Gasteiger partial charge in [0.05, 0.1) is 24.0 Å². The predicted octanol–water partition coefficient (Wildman–Crippen LogP) is 5.72. The predicted molar refractivity (Wildman–Crippen MR) is 181 cm³/mol. The summed E-state index contributed by atoms with van der Waals surface area (Å²) in [6.07, 6.45) is 4.21. The van der Waals surface area contributed by atoms with Crippen molar-refractivity contribution in [1.82, 2.24) is 15.1 Å². The number of aliphatic carboxylic acids is 1. The van der Waals surface area contributed by atoms with Gasteiger partial charge in [0.1, 0.15) is 16.7 Å². The Hall–Kier alpha value is -2.67. The molecule has 2 heterocycles. The fourth-order valence-electron chi connectivity index (χ4n) is 5.62. The number of thiocarbonyl (C=S) groups is 1. The van der Waals surface area contributed by atoms with Gasteiger partial charge in [-0.15, -0.1) is 0 Å². The number of rotatable bonds is 11. The zero-order valence-corrected chi connectivity index (χ0v) is 27.8. The Kier molecular flexibility index (Phi) is 11.8. The number of carbonyl (C=O) groups excluding carboxylic acids is 2. The Morgan fingerprint density at radius 1 is 1.09 bits per heavy atom. The molecule has 2 aliphatic heterocycles. The van der Waals surface area contributed by atoms with Crippen LogP contribution in [0.15, 0.2) is 41.3 Å². The number of hydrogen-bond donors (Lipinski definition) is 2. The molecule has 5 rings (SSSR count). The van der Waals surface area contributed by atoms with Crippen LogP contribution in [0.4, 0.5) is 0 Å². The Morgan fingerprint density at radius 2 is 1.84 bits per heavy atom. The van der Waals surface area contributed by atoms with Crippen LogP contribution in [0.1, 0.15) is 37.7 Å². The zero-order chi connectivity index (χ0) is 31.9. The van der Waals surface area contributed by atoms with E-state index in [0.717, 1.165) is 30.8 Å². The smallest absolute Gasteiger partial charge is 0.306 e. The number of benzene rings is 2. The van der Waals surface area contributed by atoms with Gasteiger partial charge >= 0.3 is 5.97 Å². The molecule has 0 atom stereocenters. The number of nitrogens with zero attached hydrogens (tertiary/aromatic N) is 2. The van der Waals surface area contributed by atoms with Gasteiger partial charge in [-0.05, 0) is 67.7 Å². The minimum absolute atomic E-state index is 0.0545.